The highest BCUT2D eigenvalue weighted by molar-refractivity contribution is 14.1. The lowest BCUT2D eigenvalue weighted by Gasteiger charge is -2.07. The first-order valence-corrected chi connectivity index (χ1v) is 8.71. The Bertz CT molecular complexity index is 729. The molecule has 0 heterocycles. The van der Waals surface area contributed by atoms with Gasteiger partial charge >= 0.3 is 0 Å². The zero-order valence-electron chi connectivity index (χ0n) is 11.0. The van der Waals surface area contributed by atoms with Crippen LogP contribution in [0.25, 0.3) is 0 Å². The summed E-state index contributed by atoms with van der Waals surface area (Å²) in [5.74, 6) is -0.411. The summed E-state index contributed by atoms with van der Waals surface area (Å²) in [6.07, 6.45) is 0.414. The Labute approximate surface area is 136 Å². The van der Waals surface area contributed by atoms with Crippen molar-refractivity contribution in [2.45, 2.75) is 11.3 Å². The van der Waals surface area contributed by atoms with Crippen LogP contribution in [-0.2, 0) is 16.4 Å². The minimum absolute atomic E-state index is 0.196. The predicted octanol–water partition coefficient (Wildman–Crippen LogP) is 2.22. The number of sulfonamides is 1. The third-order valence-electron chi connectivity index (χ3n) is 2.87. The van der Waals surface area contributed by atoms with Gasteiger partial charge in [-0.25, -0.2) is 13.1 Å². The summed E-state index contributed by atoms with van der Waals surface area (Å²) >= 11 is 2.11. The van der Waals surface area contributed by atoms with E-state index in [1.807, 2.05) is 0 Å². The van der Waals surface area contributed by atoms with Crippen molar-refractivity contribution in [1.29, 1.82) is 0 Å². The van der Waals surface area contributed by atoms with Crippen LogP contribution in [0.3, 0.4) is 0 Å². The Morgan fingerprint density at radius 3 is 2.29 bits per heavy atom. The van der Waals surface area contributed by atoms with Gasteiger partial charge in [-0.15, -0.1) is 0 Å². The van der Waals surface area contributed by atoms with Gasteiger partial charge in [-0.1, -0.05) is 6.07 Å². The van der Waals surface area contributed by atoms with Gasteiger partial charge in [0.05, 0.1) is 4.90 Å². The zero-order chi connectivity index (χ0) is 15.5. The average Bonchev–Trinajstić information content (AvgIpc) is 2.43. The lowest BCUT2D eigenvalue weighted by molar-refractivity contribution is 0.403. The van der Waals surface area contributed by atoms with Crippen LogP contribution in [0, 0.1) is 3.57 Å². The van der Waals surface area contributed by atoms with Crippen LogP contribution in [-0.4, -0.2) is 25.2 Å². The molecule has 2 aromatic rings. The van der Waals surface area contributed by atoms with Gasteiger partial charge in [0.25, 0.3) is 0 Å². The predicted molar refractivity (Wildman–Crippen MR) is 87.8 cm³/mol. The van der Waals surface area contributed by atoms with E-state index < -0.39 is 10.0 Å². The molecule has 0 aliphatic heterocycles. The quantitative estimate of drug-likeness (QED) is 0.513. The number of hydrogen-bond donors (Lipinski definition) is 3. The Morgan fingerprint density at radius 2 is 1.67 bits per heavy atom. The number of phenols is 2. The molecule has 0 unspecified atom stereocenters. The van der Waals surface area contributed by atoms with Gasteiger partial charge in [0, 0.05) is 10.1 Å². The fraction of sp³-hybridized carbons (Fsp3) is 0.143. The number of benzene rings is 2. The molecule has 0 atom stereocenters. The van der Waals surface area contributed by atoms with Crippen LogP contribution in [0.5, 0.6) is 11.5 Å². The Hall–Kier alpha value is -1.32. The van der Waals surface area contributed by atoms with E-state index in [4.69, 9.17) is 0 Å². The van der Waals surface area contributed by atoms with Gasteiger partial charge in [-0.05, 0) is 71.0 Å². The van der Waals surface area contributed by atoms with Crippen molar-refractivity contribution in [2.75, 3.05) is 6.54 Å². The van der Waals surface area contributed by atoms with Crippen molar-refractivity contribution in [3.63, 3.8) is 0 Å². The average molecular weight is 419 g/mol. The molecule has 112 valence electrons. The first-order valence-electron chi connectivity index (χ1n) is 6.14. The second kappa shape index (κ2) is 6.63. The minimum Gasteiger partial charge on any atom is -0.504 e. The summed E-state index contributed by atoms with van der Waals surface area (Å²) in [5, 5.41) is 18.6. The molecule has 0 bridgehead atoms. The van der Waals surface area contributed by atoms with E-state index >= 15 is 0 Å². The molecule has 21 heavy (non-hydrogen) atoms. The summed E-state index contributed by atoms with van der Waals surface area (Å²) in [4.78, 5) is 0.219. The number of phenolic OH excluding ortho intramolecular Hbond substituents is 2. The number of hydrogen-bond acceptors (Lipinski definition) is 4. The molecule has 5 nitrogen and oxygen atoms in total. The topological polar surface area (TPSA) is 86.6 Å². The molecule has 0 spiro atoms. The molecule has 0 aromatic heterocycles. The molecule has 2 aromatic carbocycles. The smallest absolute Gasteiger partial charge is 0.240 e. The Morgan fingerprint density at radius 1 is 1.00 bits per heavy atom. The summed E-state index contributed by atoms with van der Waals surface area (Å²) in [6, 6.07) is 11.0. The molecule has 0 saturated carbocycles. The molecular formula is C14H14INO4S. The fourth-order valence-electron chi connectivity index (χ4n) is 1.75. The van der Waals surface area contributed by atoms with E-state index in [0.717, 1.165) is 9.13 Å². The molecule has 0 fully saturated rings. The van der Waals surface area contributed by atoms with Crippen LogP contribution in [0.4, 0.5) is 0 Å². The molecule has 0 aliphatic rings. The molecule has 0 aliphatic carbocycles. The van der Waals surface area contributed by atoms with Crippen LogP contribution in [0.2, 0.25) is 0 Å². The van der Waals surface area contributed by atoms with Gasteiger partial charge in [-0.2, -0.15) is 0 Å². The highest BCUT2D eigenvalue weighted by Gasteiger charge is 2.13. The van der Waals surface area contributed by atoms with E-state index in [2.05, 4.69) is 27.3 Å². The molecule has 3 N–H and O–H groups in total. The lowest BCUT2D eigenvalue weighted by Crippen LogP contribution is -2.25. The van der Waals surface area contributed by atoms with Crippen LogP contribution in [0.15, 0.2) is 47.4 Å². The van der Waals surface area contributed by atoms with Crippen molar-refractivity contribution in [3.8, 4) is 11.5 Å². The highest BCUT2D eigenvalue weighted by atomic mass is 127. The molecule has 2 rings (SSSR count). The van der Waals surface area contributed by atoms with E-state index in [1.54, 1.807) is 30.3 Å². The Balaban J connectivity index is 1.98. The van der Waals surface area contributed by atoms with Gasteiger partial charge in [0.2, 0.25) is 10.0 Å². The van der Waals surface area contributed by atoms with Crippen molar-refractivity contribution in [1.82, 2.24) is 4.72 Å². The van der Waals surface area contributed by atoms with Gasteiger partial charge in [0.15, 0.2) is 11.5 Å². The number of nitrogens with one attached hydrogen (secondary N) is 1. The molecular weight excluding hydrogens is 405 g/mol. The molecule has 7 heteroatoms. The van der Waals surface area contributed by atoms with Gasteiger partial charge < -0.3 is 10.2 Å². The fourth-order valence-corrected chi connectivity index (χ4v) is 3.14. The number of aromatic hydroxyl groups is 2. The first kappa shape index (κ1) is 16.1. The summed E-state index contributed by atoms with van der Waals surface area (Å²) in [7, 11) is -3.53. The molecule has 0 amide bonds. The van der Waals surface area contributed by atoms with E-state index in [9.17, 15) is 18.6 Å². The minimum atomic E-state index is -3.53. The second-order valence-electron chi connectivity index (χ2n) is 4.42. The highest BCUT2D eigenvalue weighted by Crippen LogP contribution is 2.24. The normalized spacial score (nSPS) is 11.5. The van der Waals surface area contributed by atoms with Crippen molar-refractivity contribution in [2.24, 2.45) is 0 Å². The maximum Gasteiger partial charge on any atom is 0.240 e. The largest absolute Gasteiger partial charge is 0.504 e. The number of halogens is 1. The lowest BCUT2D eigenvalue weighted by atomic mass is 10.1. The van der Waals surface area contributed by atoms with Crippen LogP contribution in [0.1, 0.15) is 5.56 Å². The van der Waals surface area contributed by atoms with E-state index in [-0.39, 0.29) is 22.9 Å². The van der Waals surface area contributed by atoms with E-state index in [0.29, 0.717) is 6.42 Å². The van der Waals surface area contributed by atoms with Crippen molar-refractivity contribution >= 4 is 32.6 Å². The van der Waals surface area contributed by atoms with Crippen molar-refractivity contribution < 1.29 is 18.6 Å². The summed E-state index contributed by atoms with van der Waals surface area (Å²) in [5.41, 5.74) is 0.732. The van der Waals surface area contributed by atoms with Gasteiger partial charge in [0.1, 0.15) is 0 Å². The van der Waals surface area contributed by atoms with Crippen molar-refractivity contribution in [3.05, 3.63) is 51.6 Å². The van der Waals surface area contributed by atoms with Crippen LogP contribution >= 0.6 is 22.6 Å². The van der Waals surface area contributed by atoms with Crippen LogP contribution < -0.4 is 4.72 Å². The zero-order valence-corrected chi connectivity index (χ0v) is 13.9. The molecule has 0 saturated heterocycles. The maximum absolute atomic E-state index is 12.1. The van der Waals surface area contributed by atoms with E-state index in [1.165, 1.54) is 12.1 Å². The SMILES string of the molecule is O=S(=O)(NCCc1ccc(O)c(O)c1)c1ccc(I)cc1. The third-order valence-corrected chi connectivity index (χ3v) is 5.07. The first-order chi connectivity index (χ1) is 9.88. The second-order valence-corrected chi connectivity index (χ2v) is 7.44. The monoisotopic (exact) mass is 419 g/mol. The standard InChI is InChI=1S/C14H14INO4S/c15-11-2-4-12(5-3-11)21(19,20)16-8-7-10-1-6-13(17)14(18)9-10/h1-6,9,16-18H,7-8H2. The third kappa shape index (κ3) is 4.32. The number of rotatable bonds is 5. The summed E-state index contributed by atoms with van der Waals surface area (Å²) < 4.78 is 27.6. The molecule has 0 radical (unpaired) electrons. The van der Waals surface area contributed by atoms with Gasteiger partial charge in [-0.3, -0.25) is 0 Å². The maximum atomic E-state index is 12.1. The Kier molecular flexibility index (Phi) is 5.07. The summed E-state index contributed by atoms with van der Waals surface area (Å²) in [6.45, 7) is 0.207.